The van der Waals surface area contributed by atoms with Gasteiger partial charge < -0.3 is 15.5 Å². The van der Waals surface area contributed by atoms with Gasteiger partial charge in [-0.3, -0.25) is 0 Å². The molecule has 0 atom stereocenters. The van der Waals surface area contributed by atoms with Gasteiger partial charge >= 0.3 is 0 Å². The summed E-state index contributed by atoms with van der Waals surface area (Å²) in [6, 6.07) is 0. The lowest BCUT2D eigenvalue weighted by atomic mass is 10.5. The smallest absolute Gasteiger partial charge is 0.0107 e. The Morgan fingerprint density at radius 2 is 1.60 bits per heavy atom. The summed E-state index contributed by atoms with van der Waals surface area (Å²) in [5.41, 5.74) is 5.38. The number of hydrogen-bond donors (Lipinski definition) is 1. The first kappa shape index (κ1) is 9.88. The summed E-state index contributed by atoms with van der Waals surface area (Å²) in [6.07, 6.45) is 0. The van der Waals surface area contributed by atoms with Crippen LogP contribution in [0.5, 0.6) is 0 Å². The van der Waals surface area contributed by atoms with Gasteiger partial charge in [0.2, 0.25) is 0 Å². The van der Waals surface area contributed by atoms with Gasteiger partial charge in [0, 0.05) is 26.2 Å². The van der Waals surface area contributed by atoms with E-state index in [-0.39, 0.29) is 0 Å². The lowest BCUT2D eigenvalue weighted by Gasteiger charge is -2.17. The summed E-state index contributed by atoms with van der Waals surface area (Å²) in [5, 5.41) is 0. The van der Waals surface area contributed by atoms with Crippen LogP contribution in [-0.2, 0) is 0 Å². The third-order valence-corrected chi connectivity index (χ3v) is 1.44. The quantitative estimate of drug-likeness (QED) is 0.563. The molecule has 3 nitrogen and oxygen atoms in total. The molecule has 0 amide bonds. The molecule has 62 valence electrons. The Morgan fingerprint density at radius 1 is 1.00 bits per heavy atom. The predicted molar refractivity (Wildman–Crippen MR) is 45.1 cm³/mol. The van der Waals surface area contributed by atoms with Gasteiger partial charge in [0.15, 0.2) is 0 Å². The van der Waals surface area contributed by atoms with Crippen LogP contribution >= 0.6 is 0 Å². The largest absolute Gasteiger partial charge is 0.329 e. The molecule has 3 heteroatoms. The second kappa shape index (κ2) is 5.65. The van der Waals surface area contributed by atoms with Crippen LogP contribution < -0.4 is 5.73 Å². The highest BCUT2D eigenvalue weighted by Crippen LogP contribution is 1.81. The van der Waals surface area contributed by atoms with Crippen LogP contribution in [0.3, 0.4) is 0 Å². The maximum Gasteiger partial charge on any atom is 0.0107 e. The molecular weight excluding hydrogens is 126 g/mol. The van der Waals surface area contributed by atoms with Crippen LogP contribution in [0.4, 0.5) is 0 Å². The molecule has 0 radical (unpaired) electrons. The fourth-order valence-corrected chi connectivity index (χ4v) is 0.703. The van der Waals surface area contributed by atoms with Crippen molar-refractivity contribution in [3.63, 3.8) is 0 Å². The lowest BCUT2D eigenvalue weighted by Crippen LogP contribution is -2.32. The first-order valence-corrected chi connectivity index (χ1v) is 3.70. The van der Waals surface area contributed by atoms with Gasteiger partial charge in [0.05, 0.1) is 0 Å². The monoisotopic (exact) mass is 145 g/mol. The van der Waals surface area contributed by atoms with E-state index >= 15 is 0 Å². The average Bonchev–Trinajstić information content (AvgIpc) is 1.85. The van der Waals surface area contributed by atoms with Gasteiger partial charge in [-0.05, 0) is 21.1 Å². The van der Waals surface area contributed by atoms with E-state index in [0.717, 1.165) is 26.2 Å². The van der Waals surface area contributed by atoms with Crippen LogP contribution in [0.15, 0.2) is 0 Å². The molecule has 0 aliphatic heterocycles. The molecule has 10 heavy (non-hydrogen) atoms. The third-order valence-electron chi connectivity index (χ3n) is 1.44. The lowest BCUT2D eigenvalue weighted by molar-refractivity contribution is 0.287. The van der Waals surface area contributed by atoms with Crippen LogP contribution in [0, 0.1) is 0 Å². The maximum atomic E-state index is 5.38. The number of likely N-dealkylation sites (N-methyl/N-ethyl adjacent to an activating group) is 2. The normalized spacial score (nSPS) is 11.4. The number of nitrogens with two attached hydrogens (primary N) is 1. The number of nitrogens with zero attached hydrogens (tertiary/aromatic N) is 2. The molecule has 0 unspecified atom stereocenters. The van der Waals surface area contributed by atoms with E-state index in [9.17, 15) is 0 Å². The Hall–Kier alpha value is -0.120. The van der Waals surface area contributed by atoms with Crippen molar-refractivity contribution in [1.29, 1.82) is 0 Å². The maximum absolute atomic E-state index is 5.38. The Balaban J connectivity index is 3.12. The van der Waals surface area contributed by atoms with E-state index in [1.54, 1.807) is 0 Å². The van der Waals surface area contributed by atoms with E-state index in [4.69, 9.17) is 5.73 Å². The first-order valence-electron chi connectivity index (χ1n) is 3.70. The van der Waals surface area contributed by atoms with Crippen molar-refractivity contribution in [3.8, 4) is 0 Å². The number of hydrogen-bond acceptors (Lipinski definition) is 3. The first-order chi connectivity index (χ1) is 4.66. The van der Waals surface area contributed by atoms with Crippen molar-refractivity contribution in [2.45, 2.75) is 0 Å². The minimum atomic E-state index is 0.754. The van der Waals surface area contributed by atoms with Crippen LogP contribution in [0.1, 0.15) is 0 Å². The molecule has 0 aliphatic carbocycles. The van der Waals surface area contributed by atoms with Crippen molar-refractivity contribution in [3.05, 3.63) is 0 Å². The van der Waals surface area contributed by atoms with Gasteiger partial charge in [0.25, 0.3) is 0 Å². The molecule has 0 bridgehead atoms. The van der Waals surface area contributed by atoms with Gasteiger partial charge in [-0.1, -0.05) is 0 Å². The molecule has 0 aromatic rings. The molecule has 0 aromatic carbocycles. The molecule has 0 aromatic heterocycles. The molecule has 2 N–H and O–H groups in total. The third kappa shape index (κ3) is 6.01. The number of rotatable bonds is 5. The zero-order valence-electron chi connectivity index (χ0n) is 7.30. The van der Waals surface area contributed by atoms with Crippen LogP contribution in [-0.4, -0.2) is 57.1 Å². The zero-order valence-corrected chi connectivity index (χ0v) is 7.30. The predicted octanol–water partition coefficient (Wildman–Crippen LogP) is -0.561. The highest BCUT2D eigenvalue weighted by atomic mass is 15.1. The van der Waals surface area contributed by atoms with Gasteiger partial charge in [-0.25, -0.2) is 0 Å². The summed E-state index contributed by atoms with van der Waals surface area (Å²) < 4.78 is 0. The molecule has 0 fully saturated rings. The van der Waals surface area contributed by atoms with Gasteiger partial charge in [-0.2, -0.15) is 0 Å². The van der Waals surface area contributed by atoms with E-state index < -0.39 is 0 Å². The molecule has 0 spiro atoms. The highest BCUT2D eigenvalue weighted by Gasteiger charge is 1.95. The van der Waals surface area contributed by atoms with Crippen molar-refractivity contribution in [1.82, 2.24) is 9.80 Å². The van der Waals surface area contributed by atoms with E-state index in [1.807, 2.05) is 0 Å². The van der Waals surface area contributed by atoms with E-state index in [2.05, 4.69) is 30.9 Å². The Labute approximate surface area is 63.8 Å². The topological polar surface area (TPSA) is 32.5 Å². The molecule has 0 rings (SSSR count). The molecule has 0 heterocycles. The highest BCUT2D eigenvalue weighted by molar-refractivity contribution is 4.53. The van der Waals surface area contributed by atoms with Crippen LogP contribution in [0.2, 0.25) is 0 Å². The van der Waals surface area contributed by atoms with E-state index in [1.165, 1.54) is 0 Å². The molecular formula is C7H19N3. The molecule has 0 aliphatic rings. The summed E-state index contributed by atoms with van der Waals surface area (Å²) in [4.78, 5) is 4.41. The second-order valence-corrected chi connectivity index (χ2v) is 2.90. The van der Waals surface area contributed by atoms with Crippen molar-refractivity contribution >= 4 is 0 Å². The van der Waals surface area contributed by atoms with Gasteiger partial charge in [0.1, 0.15) is 0 Å². The average molecular weight is 145 g/mol. The molecule has 0 saturated carbocycles. The summed E-state index contributed by atoms with van der Waals surface area (Å²) in [5.74, 6) is 0. The van der Waals surface area contributed by atoms with E-state index in [0.29, 0.717) is 0 Å². The zero-order chi connectivity index (χ0) is 7.98. The van der Waals surface area contributed by atoms with Gasteiger partial charge in [-0.15, -0.1) is 0 Å². The minimum Gasteiger partial charge on any atom is -0.329 e. The van der Waals surface area contributed by atoms with Crippen molar-refractivity contribution < 1.29 is 0 Å². The standard InChI is InChI=1S/C7H19N3/c1-9(2)6-7-10(3)5-4-8/h4-8H2,1-3H3. The summed E-state index contributed by atoms with van der Waals surface area (Å²) in [7, 11) is 6.25. The SMILES string of the molecule is CN(C)CCN(C)CCN. The van der Waals surface area contributed by atoms with Crippen LogP contribution in [0.25, 0.3) is 0 Å². The minimum absolute atomic E-state index is 0.754. The second-order valence-electron chi connectivity index (χ2n) is 2.90. The van der Waals surface area contributed by atoms with Crippen molar-refractivity contribution in [2.24, 2.45) is 5.73 Å². The summed E-state index contributed by atoms with van der Waals surface area (Å²) in [6.45, 7) is 3.96. The Bertz CT molecular complexity index is 73.3. The van der Waals surface area contributed by atoms with Crippen molar-refractivity contribution in [2.75, 3.05) is 47.3 Å². The Morgan fingerprint density at radius 3 is 2.00 bits per heavy atom. The molecule has 0 saturated heterocycles. The summed E-state index contributed by atoms with van der Waals surface area (Å²) >= 11 is 0. The fourth-order valence-electron chi connectivity index (χ4n) is 0.703. The Kier molecular flexibility index (Phi) is 5.58. The fraction of sp³-hybridized carbons (Fsp3) is 1.00.